The van der Waals surface area contributed by atoms with Gasteiger partial charge < -0.3 is 33.9 Å². The number of aliphatic hydroxyl groups excluding tert-OH is 2. The number of aliphatic hydroxyl groups is 2. The van der Waals surface area contributed by atoms with Gasteiger partial charge in [-0.25, -0.2) is 4.79 Å². The summed E-state index contributed by atoms with van der Waals surface area (Å²) < 4.78 is 29.9. The predicted octanol–water partition coefficient (Wildman–Crippen LogP) is 8.47. The lowest BCUT2D eigenvalue weighted by molar-refractivity contribution is -0.289. The molecule has 4 aliphatic carbocycles. The first-order valence-electron chi connectivity index (χ1n) is 20.6. The molecule has 0 bridgehead atoms. The molecule has 11 atom stereocenters. The zero-order chi connectivity index (χ0) is 40.3. The van der Waals surface area contributed by atoms with E-state index in [4.69, 9.17) is 23.7 Å². The highest BCUT2D eigenvalue weighted by Gasteiger charge is 2.73. The predicted molar refractivity (Wildman–Crippen MR) is 213 cm³/mol. The van der Waals surface area contributed by atoms with Gasteiger partial charge in [0.1, 0.15) is 12.9 Å². The van der Waals surface area contributed by atoms with Crippen LogP contribution < -0.4 is 0 Å². The molecule has 0 saturated heterocycles. The minimum absolute atomic E-state index is 0.0119. The smallest absolute Gasteiger partial charge is 0.336 e. The van der Waals surface area contributed by atoms with Crippen LogP contribution in [0.15, 0.2) is 83.5 Å². The van der Waals surface area contributed by atoms with Crippen molar-refractivity contribution < 1.29 is 43.5 Å². The minimum Gasteiger partial charge on any atom is -0.458 e. The number of rotatable bonds is 14. The lowest BCUT2D eigenvalue weighted by Gasteiger charge is -2.70. The van der Waals surface area contributed by atoms with Gasteiger partial charge >= 0.3 is 11.9 Å². The van der Waals surface area contributed by atoms with Gasteiger partial charge in [0.05, 0.1) is 31.5 Å². The third kappa shape index (κ3) is 8.17. The SMILES string of the molecule is CC(=O)O[C@H]1C[C@@]2(C)[C@@H](CC[C@H]3[C@@]4(C)CC[C@@H](OCOCc5ccccc5)[C@@H](C)[C@@H]4[C@@H](O)[C@H](O)[C@@]32C)/C1=C(\CCC=C(C)C)C(=O)OCOCc1ccccc1. The van der Waals surface area contributed by atoms with Crippen LogP contribution in [0, 0.1) is 39.9 Å². The van der Waals surface area contributed by atoms with E-state index in [0.29, 0.717) is 38.0 Å². The fourth-order valence-corrected chi connectivity index (χ4v) is 11.8. The molecule has 2 N–H and O–H groups in total. The molecule has 2 aromatic carbocycles. The number of fused-ring (bicyclic) bond motifs is 5. The summed E-state index contributed by atoms with van der Waals surface area (Å²) >= 11 is 0. The molecule has 4 aliphatic rings. The van der Waals surface area contributed by atoms with Gasteiger partial charge in [-0.15, -0.1) is 0 Å². The Morgan fingerprint density at radius 1 is 0.857 bits per heavy atom. The van der Waals surface area contributed by atoms with Gasteiger partial charge in [-0.3, -0.25) is 4.79 Å². The van der Waals surface area contributed by atoms with E-state index in [-0.39, 0.29) is 48.8 Å². The summed E-state index contributed by atoms with van der Waals surface area (Å²) in [6.07, 6.45) is 4.01. The number of hydrogen-bond donors (Lipinski definition) is 2. The van der Waals surface area contributed by atoms with Crippen molar-refractivity contribution in [2.75, 3.05) is 13.6 Å². The topological polar surface area (TPSA) is 121 Å². The molecule has 4 fully saturated rings. The highest BCUT2D eigenvalue weighted by atomic mass is 16.7. The van der Waals surface area contributed by atoms with Crippen LogP contribution in [-0.2, 0) is 46.5 Å². The summed E-state index contributed by atoms with van der Waals surface area (Å²) in [7, 11) is 0. The molecule has 0 amide bonds. The number of carbonyl (C=O) groups is 2. The van der Waals surface area contributed by atoms with E-state index in [1.165, 1.54) is 6.92 Å². The van der Waals surface area contributed by atoms with Crippen LogP contribution in [0.2, 0.25) is 0 Å². The van der Waals surface area contributed by atoms with Crippen molar-refractivity contribution in [1.82, 2.24) is 0 Å². The van der Waals surface area contributed by atoms with Crippen molar-refractivity contribution in [3.8, 4) is 0 Å². The lowest BCUT2D eigenvalue weighted by atomic mass is 9.35. The Kier molecular flexibility index (Phi) is 13.3. The molecule has 0 aliphatic heterocycles. The molecule has 56 heavy (non-hydrogen) atoms. The molecule has 0 unspecified atom stereocenters. The van der Waals surface area contributed by atoms with Crippen LogP contribution in [0.25, 0.3) is 0 Å². The van der Waals surface area contributed by atoms with Gasteiger partial charge in [0, 0.05) is 17.9 Å². The Bertz CT molecular complexity index is 1720. The van der Waals surface area contributed by atoms with Gasteiger partial charge in [-0.1, -0.05) is 100 Å². The third-order valence-electron chi connectivity index (χ3n) is 14.5. The zero-order valence-electron chi connectivity index (χ0n) is 34.5. The van der Waals surface area contributed by atoms with E-state index in [1.54, 1.807) is 0 Å². The number of hydrogen-bond acceptors (Lipinski definition) is 9. The van der Waals surface area contributed by atoms with Crippen LogP contribution in [0.5, 0.6) is 0 Å². The molecule has 2 aromatic rings. The Morgan fingerprint density at radius 3 is 2.09 bits per heavy atom. The van der Waals surface area contributed by atoms with E-state index >= 15 is 0 Å². The van der Waals surface area contributed by atoms with Crippen molar-refractivity contribution in [2.45, 2.75) is 131 Å². The number of carbonyl (C=O) groups excluding carboxylic acids is 2. The number of benzene rings is 2. The van der Waals surface area contributed by atoms with Gasteiger partial charge in [0.15, 0.2) is 6.79 Å². The quantitative estimate of drug-likeness (QED) is 0.0641. The maximum Gasteiger partial charge on any atom is 0.336 e. The van der Waals surface area contributed by atoms with Crippen LogP contribution in [0.4, 0.5) is 0 Å². The molecule has 9 nitrogen and oxygen atoms in total. The largest absolute Gasteiger partial charge is 0.458 e. The monoisotopic (exact) mass is 772 g/mol. The Labute approximate surface area is 333 Å². The molecule has 0 heterocycles. The van der Waals surface area contributed by atoms with Crippen LogP contribution in [-0.4, -0.2) is 60.2 Å². The first kappa shape index (κ1) is 42.3. The second-order valence-corrected chi connectivity index (χ2v) is 17.8. The maximum atomic E-state index is 14.1. The zero-order valence-corrected chi connectivity index (χ0v) is 34.5. The fourth-order valence-electron chi connectivity index (χ4n) is 11.8. The molecule has 0 aromatic heterocycles. The van der Waals surface area contributed by atoms with Crippen molar-refractivity contribution in [1.29, 1.82) is 0 Å². The molecule has 6 rings (SSSR count). The van der Waals surface area contributed by atoms with Crippen molar-refractivity contribution in [3.63, 3.8) is 0 Å². The van der Waals surface area contributed by atoms with Crippen molar-refractivity contribution >= 4 is 11.9 Å². The molecular formula is C47H64O9. The van der Waals surface area contributed by atoms with E-state index < -0.39 is 41.1 Å². The van der Waals surface area contributed by atoms with Gasteiger partial charge in [-0.05, 0) is 110 Å². The Balaban J connectivity index is 1.27. The highest BCUT2D eigenvalue weighted by molar-refractivity contribution is 5.90. The highest BCUT2D eigenvalue weighted by Crippen LogP contribution is 2.74. The van der Waals surface area contributed by atoms with Gasteiger partial charge in [-0.2, -0.15) is 0 Å². The first-order chi connectivity index (χ1) is 26.7. The lowest BCUT2D eigenvalue weighted by Crippen LogP contribution is -2.71. The summed E-state index contributed by atoms with van der Waals surface area (Å²) in [5.41, 5.74) is 2.89. The van der Waals surface area contributed by atoms with E-state index in [0.717, 1.165) is 48.0 Å². The summed E-state index contributed by atoms with van der Waals surface area (Å²) in [4.78, 5) is 26.9. The van der Waals surface area contributed by atoms with Crippen LogP contribution in [0.1, 0.15) is 105 Å². The molecule has 4 saturated carbocycles. The minimum atomic E-state index is -1.04. The maximum absolute atomic E-state index is 14.1. The first-order valence-corrected chi connectivity index (χ1v) is 20.6. The molecule has 0 radical (unpaired) electrons. The van der Waals surface area contributed by atoms with Gasteiger partial charge in [0.25, 0.3) is 0 Å². The second-order valence-electron chi connectivity index (χ2n) is 17.8. The molecule has 9 heteroatoms. The van der Waals surface area contributed by atoms with Crippen molar-refractivity contribution in [2.24, 2.45) is 39.9 Å². The molecular weight excluding hydrogens is 709 g/mol. The normalized spacial score (nSPS) is 35.7. The van der Waals surface area contributed by atoms with E-state index in [9.17, 15) is 19.8 Å². The number of allylic oxidation sites excluding steroid dienone is 2. The molecule has 306 valence electrons. The third-order valence-corrected chi connectivity index (χ3v) is 14.5. The summed E-state index contributed by atoms with van der Waals surface area (Å²) in [5, 5.41) is 24.8. The second kappa shape index (κ2) is 17.7. The Morgan fingerprint density at radius 2 is 1.48 bits per heavy atom. The average molecular weight is 773 g/mol. The van der Waals surface area contributed by atoms with E-state index in [2.05, 4.69) is 33.8 Å². The summed E-state index contributed by atoms with van der Waals surface area (Å²) in [6, 6.07) is 19.7. The number of esters is 2. The fraction of sp³-hybridized carbons (Fsp3) is 0.617. The van der Waals surface area contributed by atoms with Crippen LogP contribution >= 0.6 is 0 Å². The van der Waals surface area contributed by atoms with Gasteiger partial charge in [0.2, 0.25) is 0 Å². The average Bonchev–Trinajstić information content (AvgIpc) is 3.45. The van der Waals surface area contributed by atoms with Crippen LogP contribution in [0.3, 0.4) is 0 Å². The Hall–Kier alpha value is -3.34. The molecule has 0 spiro atoms. The summed E-state index contributed by atoms with van der Waals surface area (Å²) in [6.45, 7) is 15.0. The van der Waals surface area contributed by atoms with Crippen molar-refractivity contribution in [3.05, 3.63) is 94.6 Å². The number of ether oxygens (including phenoxy) is 5. The van der Waals surface area contributed by atoms with E-state index in [1.807, 2.05) is 74.5 Å². The standard InChI is InChI=1S/C47H64O9/c1-30(2)15-14-20-35(44(51)55-29-53-27-34-18-12-9-13-19-34)40-36-21-22-39-45(5)24-23-37(54-28-52-26-33-16-10-8-11-17-33)31(3)41(45)42(49)43(50)47(39,7)46(36,6)25-38(40)56-32(4)48/h8-13,15-19,31,36-39,41-43,49-50H,14,20-29H2,1-7H3/b40-35-/t31-,36+,37-,38+,39+,41-,42-,43+,45-,46+,47-/m1/s1. The summed E-state index contributed by atoms with van der Waals surface area (Å²) in [5.74, 6) is -1.19.